The van der Waals surface area contributed by atoms with E-state index in [9.17, 15) is 18.0 Å². The molecule has 0 saturated carbocycles. The van der Waals surface area contributed by atoms with Crippen LogP contribution in [0.1, 0.15) is 20.3 Å². The van der Waals surface area contributed by atoms with E-state index < -0.39 is 18.3 Å². The molecule has 1 rings (SSSR count). The lowest BCUT2D eigenvalue weighted by Gasteiger charge is -2.34. The number of halogens is 3. The number of amides is 1. The molecular formula is C16H20F3N3O2. The molecule has 1 atom stereocenters. The lowest BCUT2D eigenvalue weighted by molar-refractivity contribution is -0.332. The van der Waals surface area contributed by atoms with Crippen molar-refractivity contribution in [3.63, 3.8) is 0 Å². The molecule has 0 aliphatic rings. The summed E-state index contributed by atoms with van der Waals surface area (Å²) in [6.07, 6.45) is -4.81. The van der Waals surface area contributed by atoms with Crippen molar-refractivity contribution in [2.24, 2.45) is 5.92 Å². The zero-order valence-corrected chi connectivity index (χ0v) is 13.7. The minimum atomic E-state index is -4.95. The summed E-state index contributed by atoms with van der Waals surface area (Å²) >= 11 is 0. The third kappa shape index (κ3) is 6.08. The van der Waals surface area contributed by atoms with Crippen LogP contribution in [-0.4, -0.2) is 36.8 Å². The van der Waals surface area contributed by atoms with Crippen molar-refractivity contribution in [2.45, 2.75) is 32.7 Å². The minimum Gasteiger partial charge on any atom is -0.331 e. The molecule has 5 nitrogen and oxygen atoms in total. The van der Waals surface area contributed by atoms with E-state index in [1.165, 1.54) is 19.2 Å². The number of nitriles is 1. The second-order valence-electron chi connectivity index (χ2n) is 5.70. The molecule has 1 aromatic carbocycles. The van der Waals surface area contributed by atoms with Gasteiger partial charge in [0.1, 0.15) is 12.6 Å². The Hall–Kier alpha value is -2.27. The topological polar surface area (TPSA) is 56.6 Å². The highest BCUT2D eigenvalue weighted by Gasteiger charge is 2.40. The number of benzene rings is 1. The Bertz CT molecular complexity index is 570. The maximum absolute atomic E-state index is 12.9. The third-order valence-corrected chi connectivity index (χ3v) is 3.16. The number of anilines is 1. The largest absolute Gasteiger partial charge is 0.544 e. The van der Waals surface area contributed by atoms with E-state index in [0.29, 0.717) is 5.06 Å². The lowest BCUT2D eigenvalue weighted by atomic mass is 10.0. The average molecular weight is 343 g/mol. The summed E-state index contributed by atoms with van der Waals surface area (Å²) in [6.45, 7) is 3.37. The summed E-state index contributed by atoms with van der Waals surface area (Å²) in [7, 11) is 1.37. The van der Waals surface area contributed by atoms with Crippen LogP contribution in [0.3, 0.4) is 0 Å². The van der Waals surface area contributed by atoms with Gasteiger partial charge < -0.3 is 4.90 Å². The van der Waals surface area contributed by atoms with Gasteiger partial charge in [-0.3, -0.25) is 4.79 Å². The number of nitrogens with zero attached hydrogens (tertiary/aromatic N) is 3. The van der Waals surface area contributed by atoms with Crippen LogP contribution in [0.25, 0.3) is 0 Å². The quantitative estimate of drug-likeness (QED) is 0.563. The first-order chi connectivity index (χ1) is 11.2. The minimum absolute atomic E-state index is 0.0579. The Balaban J connectivity index is 3.24. The first kappa shape index (κ1) is 19.8. The van der Waals surface area contributed by atoms with Crippen molar-refractivity contribution >= 4 is 11.6 Å². The zero-order chi connectivity index (χ0) is 18.3. The fraction of sp³-hybridized carbons (Fsp3) is 0.500. The number of alkyl halides is 3. The molecule has 0 aromatic heterocycles. The number of hydroxylamine groups is 1. The molecular weight excluding hydrogens is 323 g/mol. The molecule has 0 bridgehead atoms. The van der Waals surface area contributed by atoms with Crippen LogP contribution in [0.15, 0.2) is 30.3 Å². The molecule has 1 amide bonds. The van der Waals surface area contributed by atoms with Crippen LogP contribution in [-0.2, 0) is 9.63 Å². The Kier molecular flexibility index (Phi) is 7.04. The Morgan fingerprint density at radius 3 is 2.33 bits per heavy atom. The maximum atomic E-state index is 12.9. The number of hydrogen-bond acceptors (Lipinski definition) is 4. The molecule has 0 heterocycles. The lowest BCUT2D eigenvalue weighted by Crippen LogP contribution is -2.50. The fourth-order valence-electron chi connectivity index (χ4n) is 2.16. The van der Waals surface area contributed by atoms with E-state index in [-0.39, 0.29) is 24.6 Å². The van der Waals surface area contributed by atoms with Gasteiger partial charge in [0, 0.05) is 7.05 Å². The summed E-state index contributed by atoms with van der Waals surface area (Å²) in [4.78, 5) is 17.8. The molecule has 132 valence electrons. The molecule has 0 unspecified atom stereocenters. The molecule has 24 heavy (non-hydrogen) atoms. The number of carbonyl (C=O) groups excluding carboxylic acids is 1. The van der Waals surface area contributed by atoms with Crippen LogP contribution in [0.4, 0.5) is 18.9 Å². The molecule has 0 saturated heterocycles. The normalized spacial score (nSPS) is 12.6. The number of likely N-dealkylation sites (N-methyl/N-ethyl adjacent to an activating group) is 1. The van der Waals surface area contributed by atoms with Gasteiger partial charge in [-0.1, -0.05) is 32.0 Å². The van der Waals surface area contributed by atoms with Crippen molar-refractivity contribution in [3.8, 4) is 6.07 Å². The number of rotatable bonds is 7. The van der Waals surface area contributed by atoms with Gasteiger partial charge in [0.25, 0.3) is 0 Å². The Labute approximate surface area is 139 Å². The molecule has 0 N–H and O–H groups in total. The van der Waals surface area contributed by atoms with E-state index in [2.05, 4.69) is 4.84 Å². The van der Waals surface area contributed by atoms with E-state index in [1.54, 1.807) is 32.0 Å². The molecule has 0 aliphatic carbocycles. The highest BCUT2D eigenvalue weighted by molar-refractivity contribution is 5.84. The number of hydrogen-bond donors (Lipinski definition) is 0. The smallest absolute Gasteiger partial charge is 0.331 e. The molecule has 1 aromatic rings. The molecule has 0 aliphatic heterocycles. The van der Waals surface area contributed by atoms with Gasteiger partial charge in [0.15, 0.2) is 0 Å². The highest BCUT2D eigenvalue weighted by Crippen LogP contribution is 2.28. The molecule has 0 radical (unpaired) electrons. The van der Waals surface area contributed by atoms with Crippen molar-refractivity contribution in [1.29, 1.82) is 5.26 Å². The monoisotopic (exact) mass is 343 g/mol. The predicted octanol–water partition coefficient (Wildman–Crippen LogP) is 3.34. The standard InChI is InChI=1S/C16H20F3N3O2/c1-12(2)11-14(15(23)21(3)10-9-20)22(24-16(17,18)19)13-7-5-4-6-8-13/h4-8,12,14H,10-11H2,1-3H3/t14-/m0/s1. The summed E-state index contributed by atoms with van der Waals surface area (Å²) in [5, 5.41) is 9.30. The molecule has 0 spiro atoms. The van der Waals surface area contributed by atoms with Crippen LogP contribution < -0.4 is 5.06 Å². The van der Waals surface area contributed by atoms with Crippen molar-refractivity contribution in [1.82, 2.24) is 4.90 Å². The first-order valence-electron chi connectivity index (χ1n) is 7.37. The van der Waals surface area contributed by atoms with Crippen LogP contribution in [0.2, 0.25) is 0 Å². The van der Waals surface area contributed by atoms with Crippen LogP contribution in [0.5, 0.6) is 0 Å². The van der Waals surface area contributed by atoms with Crippen molar-refractivity contribution in [3.05, 3.63) is 30.3 Å². The van der Waals surface area contributed by atoms with Gasteiger partial charge >= 0.3 is 6.36 Å². The summed E-state index contributed by atoms with van der Waals surface area (Å²) in [5.74, 6) is -0.671. The van der Waals surface area contributed by atoms with Gasteiger partial charge in [0.2, 0.25) is 5.91 Å². The summed E-state index contributed by atoms with van der Waals surface area (Å²) in [5.41, 5.74) is 0.110. The van der Waals surface area contributed by atoms with Gasteiger partial charge in [0.05, 0.1) is 11.8 Å². The number of para-hydroxylation sites is 1. The van der Waals surface area contributed by atoms with E-state index in [1.807, 2.05) is 6.07 Å². The Morgan fingerprint density at radius 2 is 1.88 bits per heavy atom. The molecule has 8 heteroatoms. The maximum Gasteiger partial charge on any atom is 0.544 e. The third-order valence-electron chi connectivity index (χ3n) is 3.16. The van der Waals surface area contributed by atoms with Gasteiger partial charge in [-0.2, -0.15) is 10.1 Å². The van der Waals surface area contributed by atoms with E-state index in [4.69, 9.17) is 5.26 Å². The SMILES string of the molecule is CC(C)C[C@@H](C(=O)N(C)CC#N)N(OC(F)(F)F)c1ccccc1. The first-order valence-corrected chi connectivity index (χ1v) is 7.37. The van der Waals surface area contributed by atoms with Crippen molar-refractivity contribution < 1.29 is 22.8 Å². The van der Waals surface area contributed by atoms with E-state index in [0.717, 1.165) is 4.90 Å². The highest BCUT2D eigenvalue weighted by atomic mass is 19.4. The summed E-state index contributed by atoms with van der Waals surface area (Å²) in [6, 6.07) is 8.22. The van der Waals surface area contributed by atoms with Gasteiger partial charge in [-0.05, 0) is 24.5 Å². The molecule has 0 fully saturated rings. The van der Waals surface area contributed by atoms with Gasteiger partial charge in [-0.25, -0.2) is 5.06 Å². The second kappa shape index (κ2) is 8.55. The Morgan fingerprint density at radius 1 is 1.29 bits per heavy atom. The van der Waals surface area contributed by atoms with E-state index >= 15 is 0 Å². The van der Waals surface area contributed by atoms with Gasteiger partial charge in [-0.15, -0.1) is 13.2 Å². The second-order valence-corrected chi connectivity index (χ2v) is 5.70. The van der Waals surface area contributed by atoms with Crippen LogP contribution in [0, 0.1) is 17.2 Å². The fourth-order valence-corrected chi connectivity index (χ4v) is 2.16. The zero-order valence-electron chi connectivity index (χ0n) is 13.7. The van der Waals surface area contributed by atoms with Crippen molar-refractivity contribution in [2.75, 3.05) is 18.7 Å². The summed E-state index contributed by atoms with van der Waals surface area (Å²) < 4.78 is 38.6. The van der Waals surface area contributed by atoms with Crippen LogP contribution >= 0.6 is 0 Å². The number of carbonyl (C=O) groups is 1. The average Bonchev–Trinajstić information content (AvgIpc) is 2.50. The predicted molar refractivity (Wildman–Crippen MR) is 82.6 cm³/mol.